The molecule has 0 unspecified atom stereocenters. The maximum atomic E-state index is 10.6. The molecule has 13 heavy (non-hydrogen) atoms. The number of aliphatic hydroxyl groups is 2. The van der Waals surface area contributed by atoms with Crippen LogP contribution in [0.25, 0.3) is 0 Å². The van der Waals surface area contributed by atoms with Gasteiger partial charge < -0.3 is 15.3 Å². The molecule has 0 saturated carbocycles. The van der Waals surface area contributed by atoms with Crippen LogP contribution in [0.3, 0.4) is 0 Å². The minimum atomic E-state index is -2.56. The van der Waals surface area contributed by atoms with Gasteiger partial charge in [-0.05, 0) is 6.08 Å². The Balaban J connectivity index is 3.22. The topological polar surface area (TPSA) is 77.8 Å². The minimum absolute atomic E-state index is 0.296. The molecule has 0 aromatic rings. The number of rotatable bonds is 1. The van der Waals surface area contributed by atoms with Crippen LogP contribution in [0.5, 0.6) is 0 Å². The molecule has 3 N–H and O–H groups in total. The summed E-state index contributed by atoms with van der Waals surface area (Å²) in [5.74, 6) is -1.67. The van der Waals surface area contributed by atoms with Crippen LogP contribution in [-0.4, -0.2) is 37.3 Å². The quantitative estimate of drug-likeness (QED) is 0.589. The molecule has 0 aliphatic heterocycles. The van der Waals surface area contributed by atoms with Crippen molar-refractivity contribution in [3.05, 3.63) is 11.1 Å². The number of carboxylic acid groups (broad SMARTS) is 1. The van der Waals surface area contributed by atoms with Gasteiger partial charge in [-0.1, -0.05) is 34.8 Å². The summed E-state index contributed by atoms with van der Waals surface area (Å²) in [6, 6.07) is 0. The zero-order chi connectivity index (χ0) is 10.4. The molecule has 0 heterocycles. The molecule has 7 heteroatoms. The summed E-state index contributed by atoms with van der Waals surface area (Å²) in [4.78, 5) is 10.6. The molecular formula is C6H5Cl3O4. The van der Waals surface area contributed by atoms with Gasteiger partial charge in [-0.15, -0.1) is 0 Å². The Morgan fingerprint density at radius 2 is 2.00 bits per heavy atom. The lowest BCUT2D eigenvalue weighted by Crippen LogP contribution is -2.53. The van der Waals surface area contributed by atoms with Crippen LogP contribution in [-0.2, 0) is 4.79 Å². The van der Waals surface area contributed by atoms with Crippen molar-refractivity contribution < 1.29 is 20.1 Å². The predicted octanol–water partition coefficient (Wildman–Crippen LogP) is 0.473. The van der Waals surface area contributed by atoms with Gasteiger partial charge in [0.1, 0.15) is 6.10 Å². The minimum Gasteiger partial charge on any atom is -0.479 e. The molecule has 1 rings (SSSR count). The first-order chi connectivity index (χ1) is 5.73. The molecular weight excluding hydrogens is 242 g/mol. The summed E-state index contributed by atoms with van der Waals surface area (Å²) in [7, 11) is 0. The van der Waals surface area contributed by atoms with Crippen LogP contribution in [0.4, 0.5) is 0 Å². The molecule has 74 valence electrons. The predicted molar refractivity (Wildman–Crippen MR) is 47.0 cm³/mol. The first-order valence-corrected chi connectivity index (χ1v) is 4.27. The highest BCUT2D eigenvalue weighted by molar-refractivity contribution is 6.53. The van der Waals surface area contributed by atoms with Crippen molar-refractivity contribution in [1.29, 1.82) is 0 Å². The molecule has 0 fully saturated rings. The molecule has 0 bridgehead atoms. The maximum absolute atomic E-state index is 10.6. The lowest BCUT2D eigenvalue weighted by atomic mass is 10.0. The second-order valence-electron chi connectivity index (χ2n) is 2.63. The van der Waals surface area contributed by atoms with Crippen molar-refractivity contribution >= 4 is 40.8 Å². The van der Waals surface area contributed by atoms with Crippen LogP contribution in [0.1, 0.15) is 0 Å². The number of hydrogen-bond donors (Lipinski definition) is 3. The molecule has 1 aliphatic rings. The van der Waals surface area contributed by atoms with Gasteiger partial charge in [0.2, 0.25) is 5.60 Å². The van der Waals surface area contributed by atoms with Gasteiger partial charge in [0.05, 0.1) is 0 Å². The van der Waals surface area contributed by atoms with Gasteiger partial charge in [-0.3, -0.25) is 0 Å². The van der Waals surface area contributed by atoms with Gasteiger partial charge in [-0.25, -0.2) is 4.79 Å². The van der Waals surface area contributed by atoms with E-state index in [-0.39, 0.29) is 5.03 Å². The van der Waals surface area contributed by atoms with E-state index >= 15 is 0 Å². The fourth-order valence-corrected chi connectivity index (χ4v) is 1.90. The first-order valence-electron chi connectivity index (χ1n) is 3.13. The summed E-state index contributed by atoms with van der Waals surface area (Å²) in [6.07, 6.45) is -0.903. The van der Waals surface area contributed by atoms with E-state index in [4.69, 9.17) is 39.9 Å². The number of hydrogen-bond acceptors (Lipinski definition) is 3. The lowest BCUT2D eigenvalue weighted by Gasteiger charge is -2.29. The van der Waals surface area contributed by atoms with Gasteiger partial charge >= 0.3 is 5.97 Å². The maximum Gasteiger partial charge on any atom is 0.343 e. The summed E-state index contributed by atoms with van der Waals surface area (Å²) in [5, 5.41) is 27.0. The Morgan fingerprint density at radius 1 is 1.54 bits per heavy atom. The van der Waals surface area contributed by atoms with Gasteiger partial charge in [0.25, 0.3) is 0 Å². The SMILES string of the molecule is O=C(O)[C@@]1(O)C=C(Cl)[C@H](O)C1(Cl)Cl. The van der Waals surface area contributed by atoms with Crippen LogP contribution in [0.15, 0.2) is 11.1 Å². The van der Waals surface area contributed by atoms with E-state index in [1.165, 1.54) is 0 Å². The standard InChI is InChI=1S/C6H5Cl3O4/c7-2-1-5(13,4(11)12)6(8,9)3(2)10/h1,3,10,13H,(H,11,12)/t3-,5-/m0/s1. The Labute approximate surface area is 88.3 Å². The summed E-state index contributed by atoms with van der Waals surface area (Å²) in [6.45, 7) is 0. The van der Waals surface area contributed by atoms with E-state index in [1.54, 1.807) is 0 Å². The van der Waals surface area contributed by atoms with Crippen molar-refractivity contribution in [3.8, 4) is 0 Å². The second kappa shape index (κ2) is 3.00. The molecule has 0 aromatic heterocycles. The Bertz CT molecular complexity index is 288. The Morgan fingerprint density at radius 3 is 2.15 bits per heavy atom. The number of aliphatic hydroxyl groups excluding tert-OH is 1. The lowest BCUT2D eigenvalue weighted by molar-refractivity contribution is -0.155. The number of halogens is 3. The highest BCUT2D eigenvalue weighted by Gasteiger charge is 2.62. The van der Waals surface area contributed by atoms with Crippen LogP contribution in [0, 0.1) is 0 Å². The average molecular weight is 247 g/mol. The van der Waals surface area contributed by atoms with Crippen molar-refractivity contribution in [2.75, 3.05) is 0 Å². The highest BCUT2D eigenvalue weighted by atomic mass is 35.5. The molecule has 1 aliphatic carbocycles. The summed E-state index contributed by atoms with van der Waals surface area (Å²) < 4.78 is -2.27. The Hall–Kier alpha value is -0.000000000000000111. The van der Waals surface area contributed by atoms with Crippen LogP contribution >= 0.6 is 34.8 Å². The van der Waals surface area contributed by atoms with E-state index in [2.05, 4.69) is 0 Å². The first kappa shape index (κ1) is 11.1. The third-order valence-corrected chi connectivity index (χ3v) is 3.09. The highest BCUT2D eigenvalue weighted by Crippen LogP contribution is 2.47. The molecule has 4 nitrogen and oxygen atoms in total. The van der Waals surface area contributed by atoms with Crippen molar-refractivity contribution in [2.24, 2.45) is 0 Å². The molecule has 0 aromatic carbocycles. The number of carbonyl (C=O) groups is 1. The third-order valence-electron chi connectivity index (χ3n) is 1.79. The molecule has 0 spiro atoms. The zero-order valence-corrected chi connectivity index (χ0v) is 8.31. The van der Waals surface area contributed by atoms with E-state index in [0.717, 1.165) is 0 Å². The van der Waals surface area contributed by atoms with Crippen molar-refractivity contribution in [1.82, 2.24) is 0 Å². The molecule has 0 radical (unpaired) electrons. The van der Waals surface area contributed by atoms with Gasteiger partial charge in [0, 0.05) is 5.03 Å². The zero-order valence-electron chi connectivity index (χ0n) is 6.04. The molecule has 2 atom stereocenters. The second-order valence-corrected chi connectivity index (χ2v) is 4.45. The largest absolute Gasteiger partial charge is 0.479 e. The van der Waals surface area contributed by atoms with E-state index < -0.39 is 22.0 Å². The van der Waals surface area contributed by atoms with E-state index in [0.29, 0.717) is 6.08 Å². The number of carboxylic acids is 1. The average Bonchev–Trinajstić information content (AvgIpc) is 2.14. The van der Waals surface area contributed by atoms with Crippen LogP contribution in [0.2, 0.25) is 0 Å². The smallest absolute Gasteiger partial charge is 0.343 e. The van der Waals surface area contributed by atoms with Gasteiger partial charge in [-0.2, -0.15) is 0 Å². The fraction of sp³-hybridized carbons (Fsp3) is 0.500. The normalized spacial score (nSPS) is 37.3. The molecule has 0 amide bonds. The number of aliphatic carboxylic acids is 1. The van der Waals surface area contributed by atoms with Crippen LogP contribution < -0.4 is 0 Å². The van der Waals surface area contributed by atoms with E-state index in [9.17, 15) is 15.0 Å². The summed E-state index contributed by atoms with van der Waals surface area (Å²) in [5.41, 5.74) is -2.56. The van der Waals surface area contributed by atoms with Gasteiger partial charge in [0.15, 0.2) is 4.33 Å². The monoisotopic (exact) mass is 246 g/mol. The number of alkyl halides is 2. The fourth-order valence-electron chi connectivity index (χ4n) is 0.961. The summed E-state index contributed by atoms with van der Waals surface area (Å²) >= 11 is 16.3. The molecule has 0 saturated heterocycles. The van der Waals surface area contributed by atoms with Crippen molar-refractivity contribution in [2.45, 2.75) is 16.0 Å². The van der Waals surface area contributed by atoms with E-state index in [1.807, 2.05) is 0 Å². The third kappa shape index (κ3) is 1.33. The Kier molecular flexibility index (Phi) is 2.56. The van der Waals surface area contributed by atoms with Crippen molar-refractivity contribution in [3.63, 3.8) is 0 Å².